The van der Waals surface area contributed by atoms with E-state index in [9.17, 15) is 0 Å². The first-order chi connectivity index (χ1) is 6.25. The second-order valence-corrected chi connectivity index (χ2v) is 5.38. The standard InChI is InChI=1S/C11H19NO/c1-11(6-12-7-11)13-10-5-8-2-3-9(10)4-8/h8-10,12H,2-7H2,1H3. The summed E-state index contributed by atoms with van der Waals surface area (Å²) in [6.07, 6.45) is 6.30. The molecule has 3 aliphatic rings. The molecule has 0 aromatic rings. The zero-order valence-electron chi connectivity index (χ0n) is 8.38. The van der Waals surface area contributed by atoms with Crippen LogP contribution in [0.5, 0.6) is 0 Å². The van der Waals surface area contributed by atoms with Crippen LogP contribution < -0.4 is 5.32 Å². The Hall–Kier alpha value is -0.0800. The van der Waals surface area contributed by atoms with Crippen molar-refractivity contribution in [2.24, 2.45) is 11.8 Å². The fraction of sp³-hybridized carbons (Fsp3) is 1.00. The molecule has 1 heterocycles. The largest absolute Gasteiger partial charge is 0.369 e. The second kappa shape index (κ2) is 2.71. The van der Waals surface area contributed by atoms with E-state index in [4.69, 9.17) is 4.74 Å². The Morgan fingerprint density at radius 1 is 1.23 bits per heavy atom. The van der Waals surface area contributed by atoms with E-state index in [1.54, 1.807) is 0 Å². The summed E-state index contributed by atoms with van der Waals surface area (Å²) in [6.45, 7) is 4.36. The number of fused-ring (bicyclic) bond motifs is 2. The van der Waals surface area contributed by atoms with E-state index in [1.165, 1.54) is 25.7 Å². The van der Waals surface area contributed by atoms with E-state index < -0.39 is 0 Å². The Labute approximate surface area is 80.0 Å². The zero-order valence-corrected chi connectivity index (χ0v) is 8.38. The van der Waals surface area contributed by atoms with E-state index in [2.05, 4.69) is 12.2 Å². The van der Waals surface area contributed by atoms with Crippen molar-refractivity contribution in [1.82, 2.24) is 5.32 Å². The predicted octanol–water partition coefficient (Wildman–Crippen LogP) is 1.55. The van der Waals surface area contributed by atoms with Crippen LogP contribution >= 0.6 is 0 Å². The lowest BCUT2D eigenvalue weighted by Crippen LogP contribution is -2.60. The third-order valence-corrected chi connectivity index (χ3v) is 4.11. The van der Waals surface area contributed by atoms with Crippen molar-refractivity contribution in [2.45, 2.75) is 44.3 Å². The fourth-order valence-corrected chi connectivity index (χ4v) is 3.26. The average molecular weight is 181 g/mol. The van der Waals surface area contributed by atoms with Crippen LogP contribution in [0.1, 0.15) is 32.6 Å². The van der Waals surface area contributed by atoms with Crippen molar-refractivity contribution in [3.8, 4) is 0 Å². The zero-order chi connectivity index (χ0) is 8.89. The van der Waals surface area contributed by atoms with Crippen molar-refractivity contribution in [3.05, 3.63) is 0 Å². The molecule has 3 rings (SSSR count). The molecule has 2 heteroatoms. The molecule has 2 saturated carbocycles. The van der Waals surface area contributed by atoms with Gasteiger partial charge >= 0.3 is 0 Å². The van der Waals surface area contributed by atoms with Gasteiger partial charge in [0.1, 0.15) is 0 Å². The molecule has 1 N–H and O–H groups in total. The molecular weight excluding hydrogens is 162 g/mol. The van der Waals surface area contributed by atoms with E-state index in [0.29, 0.717) is 6.10 Å². The summed E-state index contributed by atoms with van der Waals surface area (Å²) in [6, 6.07) is 0. The Bertz CT molecular complexity index is 212. The maximum absolute atomic E-state index is 6.21. The maximum Gasteiger partial charge on any atom is 0.0905 e. The highest BCUT2D eigenvalue weighted by Crippen LogP contribution is 2.47. The van der Waals surface area contributed by atoms with Crippen molar-refractivity contribution >= 4 is 0 Å². The molecule has 2 bridgehead atoms. The molecule has 74 valence electrons. The molecule has 13 heavy (non-hydrogen) atoms. The first-order valence-electron chi connectivity index (χ1n) is 5.64. The van der Waals surface area contributed by atoms with Crippen LogP contribution in [-0.2, 0) is 4.74 Å². The summed E-state index contributed by atoms with van der Waals surface area (Å²) >= 11 is 0. The van der Waals surface area contributed by atoms with Crippen molar-refractivity contribution in [1.29, 1.82) is 0 Å². The van der Waals surface area contributed by atoms with E-state index in [0.717, 1.165) is 24.9 Å². The van der Waals surface area contributed by atoms with Crippen LogP contribution in [0.25, 0.3) is 0 Å². The minimum Gasteiger partial charge on any atom is -0.369 e. The molecule has 3 unspecified atom stereocenters. The summed E-state index contributed by atoms with van der Waals surface area (Å²) in [4.78, 5) is 0. The van der Waals surface area contributed by atoms with Crippen molar-refractivity contribution < 1.29 is 4.74 Å². The summed E-state index contributed by atoms with van der Waals surface area (Å²) in [5.41, 5.74) is 0.176. The highest BCUT2D eigenvalue weighted by atomic mass is 16.5. The van der Waals surface area contributed by atoms with Crippen LogP contribution in [0.2, 0.25) is 0 Å². The Balaban J connectivity index is 1.61. The second-order valence-electron chi connectivity index (χ2n) is 5.38. The molecule has 1 saturated heterocycles. The monoisotopic (exact) mass is 181 g/mol. The van der Waals surface area contributed by atoms with Crippen LogP contribution in [0.3, 0.4) is 0 Å². The molecule has 0 aromatic heterocycles. The Morgan fingerprint density at radius 3 is 2.54 bits per heavy atom. The van der Waals surface area contributed by atoms with Crippen LogP contribution in [0, 0.1) is 11.8 Å². The Morgan fingerprint density at radius 2 is 2.08 bits per heavy atom. The molecule has 3 fully saturated rings. The fourth-order valence-electron chi connectivity index (χ4n) is 3.26. The predicted molar refractivity (Wildman–Crippen MR) is 51.6 cm³/mol. The smallest absolute Gasteiger partial charge is 0.0905 e. The first kappa shape index (κ1) is 8.25. The minimum absolute atomic E-state index is 0.176. The van der Waals surface area contributed by atoms with Gasteiger partial charge in [0.2, 0.25) is 0 Å². The first-order valence-corrected chi connectivity index (χ1v) is 5.64. The third-order valence-electron chi connectivity index (χ3n) is 4.11. The minimum atomic E-state index is 0.176. The van der Waals surface area contributed by atoms with Crippen LogP contribution in [0.15, 0.2) is 0 Å². The van der Waals surface area contributed by atoms with Gasteiger partial charge in [-0.2, -0.15) is 0 Å². The number of nitrogens with one attached hydrogen (secondary N) is 1. The number of hydrogen-bond donors (Lipinski definition) is 1. The molecule has 0 aromatic carbocycles. The van der Waals surface area contributed by atoms with Gasteiger partial charge in [-0.1, -0.05) is 0 Å². The average Bonchev–Trinajstić information content (AvgIpc) is 2.62. The van der Waals surface area contributed by atoms with E-state index >= 15 is 0 Å². The normalized spacial score (nSPS) is 46.4. The molecule has 3 atom stereocenters. The molecule has 2 aliphatic carbocycles. The lowest BCUT2D eigenvalue weighted by atomic mass is 9.94. The van der Waals surface area contributed by atoms with Gasteiger partial charge in [-0.3, -0.25) is 0 Å². The summed E-state index contributed by atoms with van der Waals surface area (Å²) in [7, 11) is 0. The molecule has 0 spiro atoms. The summed E-state index contributed by atoms with van der Waals surface area (Å²) in [5.74, 6) is 1.91. The topological polar surface area (TPSA) is 21.3 Å². The van der Waals surface area contributed by atoms with Gasteiger partial charge in [-0.25, -0.2) is 0 Å². The van der Waals surface area contributed by atoms with E-state index in [1.807, 2.05) is 0 Å². The van der Waals surface area contributed by atoms with Gasteiger partial charge in [0, 0.05) is 13.1 Å². The number of rotatable bonds is 2. The van der Waals surface area contributed by atoms with Crippen molar-refractivity contribution in [2.75, 3.05) is 13.1 Å². The number of hydrogen-bond acceptors (Lipinski definition) is 2. The van der Waals surface area contributed by atoms with Crippen LogP contribution in [-0.4, -0.2) is 24.8 Å². The third kappa shape index (κ3) is 1.31. The van der Waals surface area contributed by atoms with Gasteiger partial charge in [-0.05, 0) is 44.4 Å². The summed E-state index contributed by atoms with van der Waals surface area (Å²) < 4.78 is 6.21. The summed E-state index contributed by atoms with van der Waals surface area (Å²) in [5, 5.41) is 3.29. The molecular formula is C11H19NO. The quantitative estimate of drug-likeness (QED) is 0.698. The molecule has 2 nitrogen and oxygen atoms in total. The van der Waals surface area contributed by atoms with Gasteiger partial charge in [-0.15, -0.1) is 0 Å². The molecule has 0 amide bonds. The molecule has 1 aliphatic heterocycles. The van der Waals surface area contributed by atoms with Gasteiger partial charge < -0.3 is 10.1 Å². The highest BCUT2D eigenvalue weighted by molar-refractivity contribution is 4.96. The molecule has 0 radical (unpaired) electrons. The van der Waals surface area contributed by atoms with Crippen LogP contribution in [0.4, 0.5) is 0 Å². The van der Waals surface area contributed by atoms with E-state index in [-0.39, 0.29) is 5.60 Å². The SMILES string of the molecule is CC1(OC2CC3CCC2C3)CNC1. The van der Waals surface area contributed by atoms with Gasteiger partial charge in [0.25, 0.3) is 0 Å². The van der Waals surface area contributed by atoms with Crippen molar-refractivity contribution in [3.63, 3.8) is 0 Å². The lowest BCUT2D eigenvalue weighted by Gasteiger charge is -2.42. The highest BCUT2D eigenvalue weighted by Gasteiger charge is 2.44. The maximum atomic E-state index is 6.21. The lowest BCUT2D eigenvalue weighted by molar-refractivity contribution is -0.127. The number of ether oxygens (including phenoxy) is 1. The van der Waals surface area contributed by atoms with Gasteiger partial charge in [0.05, 0.1) is 11.7 Å². The Kier molecular flexibility index (Phi) is 1.72. The van der Waals surface area contributed by atoms with Gasteiger partial charge in [0.15, 0.2) is 0 Å².